The minimum Gasteiger partial charge on any atom is -0.337 e. The number of nitrogens with zero attached hydrogens (tertiary/aromatic N) is 3. The molecule has 1 aromatic carbocycles. The molecule has 0 saturated carbocycles. The van der Waals surface area contributed by atoms with Crippen LogP contribution in [0.4, 0.5) is 0 Å². The zero-order valence-corrected chi connectivity index (χ0v) is 13.9. The molecule has 22 heavy (non-hydrogen) atoms. The third-order valence-electron chi connectivity index (χ3n) is 3.60. The van der Waals surface area contributed by atoms with E-state index in [4.69, 9.17) is 32.7 Å². The maximum atomic E-state index is 6.37. The van der Waals surface area contributed by atoms with Crippen LogP contribution in [0.2, 0.25) is 10.0 Å². The molecule has 0 amide bonds. The Bertz CT molecular complexity index is 677. The molecule has 7 heteroatoms. The molecule has 2 unspecified atom stereocenters. The van der Waals surface area contributed by atoms with Gasteiger partial charge in [0.1, 0.15) is 6.33 Å². The Morgan fingerprint density at radius 2 is 2.23 bits per heavy atom. The first kappa shape index (κ1) is 15.7. The van der Waals surface area contributed by atoms with Gasteiger partial charge in [0.15, 0.2) is 0 Å². The number of aryl methyl sites for hydroxylation is 1. The minimum absolute atomic E-state index is 0.0134. The van der Waals surface area contributed by atoms with Gasteiger partial charge in [0.2, 0.25) is 5.82 Å². The Kier molecular flexibility index (Phi) is 4.41. The summed E-state index contributed by atoms with van der Waals surface area (Å²) in [5, 5.41) is 5.39. The van der Waals surface area contributed by atoms with Crippen LogP contribution in [-0.4, -0.2) is 27.5 Å². The van der Waals surface area contributed by atoms with E-state index in [-0.39, 0.29) is 6.10 Å². The van der Waals surface area contributed by atoms with Crippen molar-refractivity contribution in [3.05, 3.63) is 46.0 Å². The van der Waals surface area contributed by atoms with Crippen molar-refractivity contribution in [1.82, 2.24) is 14.8 Å². The molecule has 1 aromatic heterocycles. The van der Waals surface area contributed by atoms with Crippen LogP contribution < -0.4 is 0 Å². The molecule has 5 nitrogen and oxygen atoms in total. The number of benzene rings is 1. The summed E-state index contributed by atoms with van der Waals surface area (Å²) in [5.74, 6) is -0.735. The van der Waals surface area contributed by atoms with Gasteiger partial charge in [-0.25, -0.2) is 4.98 Å². The summed E-state index contributed by atoms with van der Waals surface area (Å²) in [6.07, 6.45) is 3.51. The summed E-state index contributed by atoms with van der Waals surface area (Å²) >= 11 is 12.4. The fourth-order valence-corrected chi connectivity index (χ4v) is 3.14. The van der Waals surface area contributed by atoms with Crippen molar-refractivity contribution in [2.45, 2.75) is 31.7 Å². The molecule has 0 bridgehead atoms. The number of hydrogen-bond donors (Lipinski definition) is 0. The van der Waals surface area contributed by atoms with E-state index in [0.717, 1.165) is 12.8 Å². The zero-order chi connectivity index (χ0) is 15.7. The molecule has 1 saturated heterocycles. The lowest BCUT2D eigenvalue weighted by Gasteiger charge is -2.26. The first-order valence-electron chi connectivity index (χ1n) is 7.18. The fraction of sp³-hybridized carbons (Fsp3) is 0.467. The third-order valence-corrected chi connectivity index (χ3v) is 4.14. The van der Waals surface area contributed by atoms with Crippen LogP contribution in [-0.2, 0) is 22.3 Å². The molecule has 1 aliphatic rings. The predicted octanol–water partition coefficient (Wildman–Crippen LogP) is 3.54. The second-order valence-electron chi connectivity index (χ2n) is 5.32. The lowest BCUT2D eigenvalue weighted by atomic mass is 10.0. The highest BCUT2D eigenvalue weighted by atomic mass is 35.5. The Balaban J connectivity index is 2.08. The van der Waals surface area contributed by atoms with E-state index in [9.17, 15) is 0 Å². The number of rotatable bonds is 4. The second-order valence-corrected chi connectivity index (χ2v) is 6.17. The molecule has 0 N–H and O–H groups in total. The maximum absolute atomic E-state index is 6.37. The van der Waals surface area contributed by atoms with Crippen molar-refractivity contribution in [2.24, 2.45) is 7.05 Å². The van der Waals surface area contributed by atoms with Gasteiger partial charge in [0, 0.05) is 17.6 Å². The van der Waals surface area contributed by atoms with Crippen LogP contribution in [0.5, 0.6) is 0 Å². The van der Waals surface area contributed by atoms with Crippen molar-refractivity contribution >= 4 is 23.2 Å². The molecule has 2 heterocycles. The molecule has 0 radical (unpaired) electrons. The lowest BCUT2D eigenvalue weighted by Crippen LogP contribution is -2.32. The van der Waals surface area contributed by atoms with E-state index in [1.54, 1.807) is 36.3 Å². The lowest BCUT2D eigenvalue weighted by molar-refractivity contribution is -0.149. The molecule has 118 valence electrons. The number of hydrogen-bond acceptors (Lipinski definition) is 4. The first-order valence-corrected chi connectivity index (χ1v) is 7.94. The Morgan fingerprint density at radius 1 is 1.41 bits per heavy atom. The highest BCUT2D eigenvalue weighted by Gasteiger charge is 2.49. The summed E-state index contributed by atoms with van der Waals surface area (Å²) in [5.41, 5.74) is 0.670. The van der Waals surface area contributed by atoms with Gasteiger partial charge < -0.3 is 9.47 Å². The maximum Gasteiger partial charge on any atom is 0.261 e. The summed E-state index contributed by atoms with van der Waals surface area (Å²) in [4.78, 5) is 4.31. The van der Waals surface area contributed by atoms with Crippen LogP contribution in [0.15, 0.2) is 24.5 Å². The summed E-state index contributed by atoms with van der Waals surface area (Å²) in [7, 11) is 1.80. The van der Waals surface area contributed by atoms with Crippen molar-refractivity contribution in [2.75, 3.05) is 6.61 Å². The van der Waals surface area contributed by atoms with Crippen LogP contribution in [0.1, 0.15) is 31.2 Å². The van der Waals surface area contributed by atoms with Crippen molar-refractivity contribution < 1.29 is 9.47 Å². The Labute approximate surface area is 139 Å². The molecule has 0 aliphatic carbocycles. The molecule has 2 aromatic rings. The van der Waals surface area contributed by atoms with E-state index in [1.807, 2.05) is 0 Å². The van der Waals surface area contributed by atoms with Crippen LogP contribution in [0.3, 0.4) is 0 Å². The van der Waals surface area contributed by atoms with E-state index in [0.29, 0.717) is 28.0 Å². The topological polar surface area (TPSA) is 49.2 Å². The van der Waals surface area contributed by atoms with Crippen molar-refractivity contribution in [3.8, 4) is 0 Å². The van der Waals surface area contributed by atoms with E-state index >= 15 is 0 Å². The van der Waals surface area contributed by atoms with Gasteiger partial charge >= 0.3 is 0 Å². The first-order chi connectivity index (χ1) is 10.5. The average Bonchev–Trinajstić information content (AvgIpc) is 3.07. The van der Waals surface area contributed by atoms with E-state index in [1.165, 1.54) is 0 Å². The number of ether oxygens (including phenoxy) is 2. The minimum atomic E-state index is -1.18. The smallest absolute Gasteiger partial charge is 0.261 e. The van der Waals surface area contributed by atoms with Gasteiger partial charge in [-0.3, -0.25) is 4.68 Å². The van der Waals surface area contributed by atoms with Crippen LogP contribution in [0.25, 0.3) is 0 Å². The monoisotopic (exact) mass is 341 g/mol. The average molecular weight is 342 g/mol. The third kappa shape index (κ3) is 2.74. The molecule has 1 fully saturated rings. The molecule has 0 spiro atoms. The van der Waals surface area contributed by atoms with Gasteiger partial charge in [0.05, 0.1) is 17.7 Å². The summed E-state index contributed by atoms with van der Waals surface area (Å²) in [6.45, 7) is 2.59. The van der Waals surface area contributed by atoms with Gasteiger partial charge in [-0.1, -0.05) is 42.6 Å². The quantitative estimate of drug-likeness (QED) is 0.853. The van der Waals surface area contributed by atoms with E-state index < -0.39 is 5.79 Å². The standard InChI is InChI=1S/C15H17Cl2N3O2/c1-3-4-11-8-21-15(22-11,14-18-9-20(2)19-14)12-6-5-10(16)7-13(12)17/h5-7,9,11H,3-4,8H2,1-2H3. The van der Waals surface area contributed by atoms with Crippen molar-refractivity contribution in [1.29, 1.82) is 0 Å². The molecular weight excluding hydrogens is 325 g/mol. The van der Waals surface area contributed by atoms with Gasteiger partial charge in [0.25, 0.3) is 5.79 Å². The summed E-state index contributed by atoms with van der Waals surface area (Å²) < 4.78 is 13.8. The van der Waals surface area contributed by atoms with Crippen LogP contribution in [0, 0.1) is 0 Å². The molecule has 3 rings (SSSR count). The second kappa shape index (κ2) is 6.16. The van der Waals surface area contributed by atoms with Gasteiger partial charge in [-0.15, -0.1) is 0 Å². The molecule has 2 atom stereocenters. The normalized spacial score (nSPS) is 24.8. The highest BCUT2D eigenvalue weighted by molar-refractivity contribution is 6.35. The molecule has 1 aliphatic heterocycles. The van der Waals surface area contributed by atoms with Crippen molar-refractivity contribution in [3.63, 3.8) is 0 Å². The zero-order valence-electron chi connectivity index (χ0n) is 12.4. The van der Waals surface area contributed by atoms with Gasteiger partial charge in [-0.2, -0.15) is 5.10 Å². The van der Waals surface area contributed by atoms with Crippen LogP contribution >= 0.6 is 23.2 Å². The highest BCUT2D eigenvalue weighted by Crippen LogP contribution is 2.43. The van der Waals surface area contributed by atoms with Gasteiger partial charge in [-0.05, 0) is 18.6 Å². The predicted molar refractivity (Wildman–Crippen MR) is 84.0 cm³/mol. The SMILES string of the molecule is CCCC1COC(c2ncn(C)n2)(c2ccc(Cl)cc2Cl)O1. The number of halogens is 2. The summed E-state index contributed by atoms with van der Waals surface area (Å²) in [6, 6.07) is 5.23. The molecular formula is C15H17Cl2N3O2. The Morgan fingerprint density at radius 3 is 2.86 bits per heavy atom. The fourth-order valence-electron chi connectivity index (χ4n) is 2.60. The number of aromatic nitrogens is 3. The van der Waals surface area contributed by atoms with E-state index in [2.05, 4.69) is 17.0 Å². The largest absolute Gasteiger partial charge is 0.337 e. The Hall–Kier alpha value is -1.14.